The van der Waals surface area contributed by atoms with Gasteiger partial charge >= 0.3 is 0 Å². The lowest BCUT2D eigenvalue weighted by atomic mass is 10.2. The van der Waals surface area contributed by atoms with Crippen molar-refractivity contribution in [3.05, 3.63) is 65.4 Å². The SMILES string of the molecule is CF.NS(=O)(=O)c1ccc(-n2cc(C(F)F)nc2-c2cccc(Cl)c2)cc1. The van der Waals surface area contributed by atoms with Gasteiger partial charge in [-0.2, -0.15) is 0 Å². The molecule has 5 nitrogen and oxygen atoms in total. The van der Waals surface area contributed by atoms with Gasteiger partial charge in [-0.15, -0.1) is 0 Å². The van der Waals surface area contributed by atoms with E-state index in [-0.39, 0.29) is 10.7 Å². The third-order valence-electron chi connectivity index (χ3n) is 3.47. The van der Waals surface area contributed by atoms with Crippen LogP contribution in [0.2, 0.25) is 5.02 Å². The number of nitrogens with two attached hydrogens (primary N) is 1. The molecule has 10 heteroatoms. The van der Waals surface area contributed by atoms with Gasteiger partial charge < -0.3 is 0 Å². The Labute approximate surface area is 159 Å². The number of alkyl halides is 3. The molecule has 1 aromatic heterocycles. The molecule has 0 saturated carbocycles. The number of benzene rings is 2. The highest BCUT2D eigenvalue weighted by Gasteiger charge is 2.18. The van der Waals surface area contributed by atoms with Crippen LogP contribution >= 0.6 is 11.6 Å². The first-order valence-electron chi connectivity index (χ1n) is 7.40. The van der Waals surface area contributed by atoms with Crippen molar-refractivity contribution in [2.45, 2.75) is 11.3 Å². The zero-order valence-electron chi connectivity index (χ0n) is 14.0. The molecule has 3 rings (SSSR count). The van der Waals surface area contributed by atoms with E-state index < -0.39 is 22.1 Å². The van der Waals surface area contributed by atoms with E-state index in [1.165, 1.54) is 35.0 Å². The molecule has 0 aliphatic carbocycles. The average molecular weight is 418 g/mol. The largest absolute Gasteiger partial charge is 0.299 e. The number of hydrogen-bond acceptors (Lipinski definition) is 3. The van der Waals surface area contributed by atoms with Crippen LogP contribution in [-0.4, -0.2) is 25.1 Å². The zero-order chi connectivity index (χ0) is 20.2. The van der Waals surface area contributed by atoms with Gasteiger partial charge in [0.15, 0.2) is 0 Å². The van der Waals surface area contributed by atoms with E-state index in [2.05, 4.69) is 4.98 Å². The van der Waals surface area contributed by atoms with Gasteiger partial charge in [0.1, 0.15) is 11.5 Å². The van der Waals surface area contributed by atoms with Gasteiger partial charge in [0.2, 0.25) is 10.0 Å². The van der Waals surface area contributed by atoms with Crippen molar-refractivity contribution in [1.29, 1.82) is 0 Å². The van der Waals surface area contributed by atoms with E-state index in [9.17, 15) is 21.6 Å². The molecule has 0 amide bonds. The molecule has 144 valence electrons. The lowest BCUT2D eigenvalue weighted by Gasteiger charge is -2.09. The summed E-state index contributed by atoms with van der Waals surface area (Å²) in [5, 5.41) is 5.51. The Balaban J connectivity index is 0.00000126. The molecule has 0 spiro atoms. The summed E-state index contributed by atoms with van der Waals surface area (Å²) in [6.45, 7) is 0. The Morgan fingerprint density at radius 1 is 1.11 bits per heavy atom. The number of imidazole rings is 1. The standard InChI is InChI=1S/C16H12ClF2N3O2S.CH3F/c17-11-3-1-2-10(8-11)16-21-14(15(18)19)9-22(16)12-4-6-13(7-5-12)25(20,23)24;1-2/h1-9,15H,(H2,20,23,24);1H3. The molecule has 0 unspecified atom stereocenters. The van der Waals surface area contributed by atoms with E-state index in [1.807, 2.05) is 0 Å². The molecule has 0 aliphatic heterocycles. The quantitative estimate of drug-likeness (QED) is 0.685. The fraction of sp³-hybridized carbons (Fsp3) is 0.118. The van der Waals surface area contributed by atoms with Crippen LogP contribution in [0.3, 0.4) is 0 Å². The summed E-state index contributed by atoms with van der Waals surface area (Å²) in [5.74, 6) is 0.265. The van der Waals surface area contributed by atoms with Crippen LogP contribution in [0, 0.1) is 0 Å². The number of aromatic nitrogens is 2. The minimum absolute atomic E-state index is 0.0743. The average Bonchev–Trinajstić information content (AvgIpc) is 3.08. The number of nitrogens with zero attached hydrogens (tertiary/aromatic N) is 2. The van der Waals surface area contributed by atoms with E-state index in [4.69, 9.17) is 16.7 Å². The van der Waals surface area contributed by atoms with Crippen LogP contribution in [0.15, 0.2) is 59.6 Å². The molecule has 27 heavy (non-hydrogen) atoms. The van der Waals surface area contributed by atoms with E-state index >= 15 is 0 Å². The first kappa shape index (κ1) is 20.9. The van der Waals surface area contributed by atoms with Crippen LogP contribution in [0.1, 0.15) is 12.1 Å². The zero-order valence-corrected chi connectivity index (χ0v) is 15.6. The lowest BCUT2D eigenvalue weighted by Crippen LogP contribution is -2.12. The second-order valence-electron chi connectivity index (χ2n) is 5.21. The van der Waals surface area contributed by atoms with Gasteiger partial charge in [-0.3, -0.25) is 8.96 Å². The molecular formula is C17H15ClF3N3O2S. The predicted octanol–water partition coefficient (Wildman–Crippen LogP) is 4.36. The number of halogens is 4. The molecule has 1 heterocycles. The fourth-order valence-electron chi connectivity index (χ4n) is 2.33. The molecule has 2 N–H and O–H groups in total. The minimum Gasteiger partial charge on any atom is -0.299 e. The van der Waals surface area contributed by atoms with Gasteiger partial charge in [-0.25, -0.2) is 27.3 Å². The molecule has 2 aromatic carbocycles. The number of hydrogen-bond donors (Lipinski definition) is 1. The maximum atomic E-state index is 13.1. The van der Waals surface area contributed by atoms with E-state index in [0.29, 0.717) is 23.5 Å². The predicted molar refractivity (Wildman–Crippen MR) is 97.4 cm³/mol. The van der Waals surface area contributed by atoms with Crippen LogP contribution in [0.25, 0.3) is 17.1 Å². The third kappa shape index (κ3) is 4.88. The summed E-state index contributed by atoms with van der Waals surface area (Å²) < 4.78 is 59.8. The Morgan fingerprint density at radius 2 is 1.74 bits per heavy atom. The van der Waals surface area contributed by atoms with Gasteiger partial charge in [-0.05, 0) is 36.4 Å². The number of sulfonamides is 1. The summed E-state index contributed by atoms with van der Waals surface area (Å²) in [5.41, 5.74) is 0.613. The molecule has 0 radical (unpaired) electrons. The molecule has 0 atom stereocenters. The van der Waals surface area contributed by atoms with Crippen molar-refractivity contribution >= 4 is 21.6 Å². The van der Waals surface area contributed by atoms with Crippen LogP contribution in [-0.2, 0) is 10.0 Å². The Morgan fingerprint density at radius 3 is 2.26 bits per heavy atom. The van der Waals surface area contributed by atoms with Crippen LogP contribution < -0.4 is 5.14 Å². The molecule has 0 saturated heterocycles. The second-order valence-corrected chi connectivity index (χ2v) is 7.21. The Hall–Kier alpha value is -2.36. The van der Waals surface area contributed by atoms with Gasteiger partial charge in [-0.1, -0.05) is 23.7 Å². The molecule has 0 bridgehead atoms. The van der Waals surface area contributed by atoms with Crippen molar-refractivity contribution in [1.82, 2.24) is 9.55 Å². The topological polar surface area (TPSA) is 78.0 Å². The summed E-state index contributed by atoms with van der Waals surface area (Å²) in [4.78, 5) is 3.91. The van der Waals surface area contributed by atoms with Crippen molar-refractivity contribution in [2.24, 2.45) is 5.14 Å². The number of rotatable bonds is 4. The summed E-state index contributed by atoms with van der Waals surface area (Å²) in [6.07, 6.45) is -1.55. The first-order chi connectivity index (χ1) is 12.8. The second kappa shape index (κ2) is 8.55. The maximum absolute atomic E-state index is 13.1. The summed E-state index contributed by atoms with van der Waals surface area (Å²) in [6, 6.07) is 12.2. The highest BCUT2D eigenvalue weighted by Crippen LogP contribution is 2.29. The third-order valence-corrected chi connectivity index (χ3v) is 4.64. The monoisotopic (exact) mass is 417 g/mol. The highest BCUT2D eigenvalue weighted by molar-refractivity contribution is 7.89. The lowest BCUT2D eigenvalue weighted by molar-refractivity contribution is 0.146. The Kier molecular flexibility index (Phi) is 6.63. The number of primary sulfonamides is 1. The van der Waals surface area contributed by atoms with E-state index in [0.717, 1.165) is 0 Å². The minimum atomic E-state index is -3.84. The molecule has 0 aliphatic rings. The maximum Gasteiger partial charge on any atom is 0.281 e. The molecule has 0 fully saturated rings. The fourth-order valence-corrected chi connectivity index (χ4v) is 3.03. The molecule has 3 aromatic rings. The van der Waals surface area contributed by atoms with Crippen molar-refractivity contribution < 1.29 is 21.6 Å². The summed E-state index contributed by atoms with van der Waals surface area (Å²) >= 11 is 5.97. The van der Waals surface area contributed by atoms with Crippen molar-refractivity contribution in [2.75, 3.05) is 7.18 Å². The Bertz CT molecular complexity index is 1020. The van der Waals surface area contributed by atoms with Crippen LogP contribution in [0.5, 0.6) is 0 Å². The van der Waals surface area contributed by atoms with Crippen LogP contribution in [0.4, 0.5) is 13.2 Å². The van der Waals surface area contributed by atoms with Gasteiger partial charge in [0.25, 0.3) is 6.43 Å². The normalized spacial score (nSPS) is 11.2. The first-order valence-corrected chi connectivity index (χ1v) is 9.32. The smallest absolute Gasteiger partial charge is 0.281 e. The van der Waals surface area contributed by atoms with Gasteiger partial charge in [0, 0.05) is 22.5 Å². The van der Waals surface area contributed by atoms with E-state index in [1.54, 1.807) is 24.3 Å². The van der Waals surface area contributed by atoms with Crippen molar-refractivity contribution in [3.8, 4) is 17.1 Å². The van der Waals surface area contributed by atoms with Gasteiger partial charge in [0.05, 0.1) is 12.1 Å². The highest BCUT2D eigenvalue weighted by atomic mass is 35.5. The molecular weight excluding hydrogens is 403 g/mol. The van der Waals surface area contributed by atoms with Crippen molar-refractivity contribution in [3.63, 3.8) is 0 Å². The summed E-state index contributed by atoms with van der Waals surface area (Å²) in [7, 11) is -3.34.